The Morgan fingerprint density at radius 3 is 2.42 bits per heavy atom. The molecule has 3 aromatic rings. The number of anilines is 1. The van der Waals surface area contributed by atoms with Gasteiger partial charge >= 0.3 is 0 Å². The number of aryl methyl sites for hydroxylation is 2. The highest BCUT2D eigenvalue weighted by molar-refractivity contribution is 9.10. The van der Waals surface area contributed by atoms with E-state index in [4.69, 9.17) is 9.47 Å². The first-order valence-corrected chi connectivity index (χ1v) is 13.1. The van der Waals surface area contributed by atoms with Gasteiger partial charge in [0, 0.05) is 16.7 Å². The minimum Gasteiger partial charge on any atom is -0.490 e. The molecule has 2 amide bonds. The van der Waals surface area contributed by atoms with Crippen LogP contribution in [0.4, 0.5) is 5.69 Å². The van der Waals surface area contributed by atoms with Crippen LogP contribution < -0.4 is 20.1 Å². The lowest BCUT2D eigenvalue weighted by atomic mass is 10.1. The highest BCUT2D eigenvalue weighted by Gasteiger charge is 2.15. The number of nitrogens with one attached hydrogen (secondary N) is 2. The van der Waals surface area contributed by atoms with Gasteiger partial charge in [0.2, 0.25) is 0 Å². The lowest BCUT2D eigenvalue weighted by molar-refractivity contribution is -0.118. The molecule has 0 heterocycles. The molecule has 0 aromatic heterocycles. The van der Waals surface area contributed by atoms with E-state index in [2.05, 4.69) is 26.6 Å². The van der Waals surface area contributed by atoms with Gasteiger partial charge in [-0.25, -0.2) is 0 Å². The normalized spacial score (nSPS) is 10.8. The van der Waals surface area contributed by atoms with E-state index in [1.54, 1.807) is 12.1 Å². The van der Waals surface area contributed by atoms with Crippen LogP contribution in [0.1, 0.15) is 30.0 Å². The smallest absolute Gasteiger partial charge is 0.262 e. The van der Waals surface area contributed by atoms with Crippen molar-refractivity contribution in [1.82, 2.24) is 5.32 Å². The molecule has 0 radical (unpaired) electrons. The van der Waals surface area contributed by atoms with E-state index < -0.39 is 5.91 Å². The third-order valence-corrected chi connectivity index (χ3v) is 6.18. The molecular weight excluding hydrogens is 546 g/mol. The van der Waals surface area contributed by atoms with Crippen molar-refractivity contribution >= 4 is 39.5 Å². The summed E-state index contributed by atoms with van der Waals surface area (Å²) in [6.45, 7) is 4.40. The maximum atomic E-state index is 12.6. The molecule has 196 valence electrons. The zero-order chi connectivity index (χ0) is 27.3. The van der Waals surface area contributed by atoms with Crippen molar-refractivity contribution in [3.05, 3.63) is 93.5 Å². The van der Waals surface area contributed by atoms with Gasteiger partial charge in [-0.2, -0.15) is 5.26 Å². The number of hydrogen-bond acceptors (Lipinski definition) is 5. The van der Waals surface area contributed by atoms with Gasteiger partial charge in [0.05, 0.1) is 6.61 Å². The highest BCUT2D eigenvalue weighted by atomic mass is 79.9. The van der Waals surface area contributed by atoms with Crippen LogP contribution in [0.2, 0.25) is 0 Å². The number of carbonyl (C=O) groups is 2. The van der Waals surface area contributed by atoms with Gasteiger partial charge in [-0.05, 0) is 68.2 Å². The first-order valence-electron chi connectivity index (χ1n) is 12.3. The second-order valence-electron chi connectivity index (χ2n) is 8.47. The van der Waals surface area contributed by atoms with Gasteiger partial charge < -0.3 is 20.1 Å². The highest BCUT2D eigenvalue weighted by Crippen LogP contribution is 2.35. The minimum absolute atomic E-state index is 0.0287. The second kappa shape index (κ2) is 14.6. The Balaban J connectivity index is 1.64. The van der Waals surface area contributed by atoms with Gasteiger partial charge in [0.15, 0.2) is 18.1 Å². The van der Waals surface area contributed by atoms with E-state index >= 15 is 0 Å². The van der Waals surface area contributed by atoms with Gasteiger partial charge in [-0.15, -0.1) is 0 Å². The summed E-state index contributed by atoms with van der Waals surface area (Å²) < 4.78 is 12.0. The Morgan fingerprint density at radius 1 is 1.03 bits per heavy atom. The average Bonchev–Trinajstić information content (AvgIpc) is 2.92. The number of rotatable bonds is 12. The fourth-order valence-corrected chi connectivity index (χ4v) is 4.00. The number of amides is 2. The van der Waals surface area contributed by atoms with Gasteiger partial charge in [0.1, 0.15) is 11.6 Å². The molecule has 0 aliphatic rings. The van der Waals surface area contributed by atoms with Crippen molar-refractivity contribution < 1.29 is 19.1 Å². The second-order valence-corrected chi connectivity index (χ2v) is 9.33. The molecule has 0 bridgehead atoms. The quantitative estimate of drug-likeness (QED) is 0.161. The molecule has 3 aromatic carbocycles. The van der Waals surface area contributed by atoms with E-state index in [0.29, 0.717) is 40.4 Å². The molecule has 0 saturated heterocycles. The van der Waals surface area contributed by atoms with E-state index in [0.717, 1.165) is 18.4 Å². The number of nitriles is 1. The molecule has 7 nitrogen and oxygen atoms in total. The Labute approximate surface area is 231 Å². The largest absolute Gasteiger partial charge is 0.490 e. The summed E-state index contributed by atoms with van der Waals surface area (Å²) in [4.78, 5) is 25.0. The van der Waals surface area contributed by atoms with E-state index in [9.17, 15) is 14.9 Å². The summed E-state index contributed by atoms with van der Waals surface area (Å²) in [5.41, 5.74) is 3.51. The van der Waals surface area contributed by atoms with Crippen LogP contribution in [-0.2, 0) is 16.0 Å². The number of nitrogens with zero attached hydrogens (tertiary/aromatic N) is 1. The van der Waals surface area contributed by atoms with Crippen LogP contribution in [0.3, 0.4) is 0 Å². The third kappa shape index (κ3) is 8.79. The SMILES string of the molecule is CCOc1cc(/C=C(/C#N)C(=O)NCCCc2ccccc2)c(Br)cc1OCC(=O)Nc1ccc(C)cc1. The molecule has 2 N–H and O–H groups in total. The van der Waals surface area contributed by atoms with E-state index in [1.807, 2.05) is 74.5 Å². The van der Waals surface area contributed by atoms with Crippen molar-refractivity contribution in [3.63, 3.8) is 0 Å². The van der Waals surface area contributed by atoms with Crippen molar-refractivity contribution in [2.45, 2.75) is 26.7 Å². The van der Waals surface area contributed by atoms with Crippen molar-refractivity contribution in [2.24, 2.45) is 0 Å². The Bertz CT molecular complexity index is 1320. The van der Waals surface area contributed by atoms with Crippen LogP contribution in [-0.4, -0.2) is 31.6 Å². The van der Waals surface area contributed by atoms with Crippen molar-refractivity contribution in [3.8, 4) is 17.6 Å². The predicted molar refractivity (Wildman–Crippen MR) is 152 cm³/mol. The van der Waals surface area contributed by atoms with Crippen LogP contribution in [0.15, 0.2) is 76.8 Å². The number of hydrogen-bond donors (Lipinski definition) is 2. The van der Waals surface area contributed by atoms with Crippen molar-refractivity contribution in [2.75, 3.05) is 25.1 Å². The van der Waals surface area contributed by atoms with Gasteiger partial charge in [-0.1, -0.05) is 64.0 Å². The summed E-state index contributed by atoms with van der Waals surface area (Å²) >= 11 is 3.47. The van der Waals surface area contributed by atoms with Gasteiger partial charge in [0.25, 0.3) is 11.8 Å². The summed E-state index contributed by atoms with van der Waals surface area (Å²) in [5, 5.41) is 15.2. The molecule has 3 rings (SSSR count). The van der Waals surface area contributed by atoms with Crippen LogP contribution in [0.5, 0.6) is 11.5 Å². The third-order valence-electron chi connectivity index (χ3n) is 5.49. The first kappa shape index (κ1) is 28.5. The topological polar surface area (TPSA) is 100 Å². The molecule has 0 atom stereocenters. The summed E-state index contributed by atoms with van der Waals surface area (Å²) in [6.07, 6.45) is 3.09. The lowest BCUT2D eigenvalue weighted by Gasteiger charge is -2.14. The molecule has 0 fully saturated rings. The predicted octanol–water partition coefficient (Wildman–Crippen LogP) is 5.83. The first-order chi connectivity index (χ1) is 18.4. The molecule has 0 aliphatic heterocycles. The standard InChI is InChI=1S/C30H30BrN3O4/c1-3-37-27-17-23(16-24(19-32)30(36)33-15-7-10-22-8-5-4-6-9-22)26(31)18-28(27)38-20-29(35)34-25-13-11-21(2)12-14-25/h4-6,8-9,11-14,16-18H,3,7,10,15,20H2,1-2H3,(H,33,36)(H,34,35)/b24-16-. The minimum atomic E-state index is -0.446. The fraction of sp³-hybridized carbons (Fsp3) is 0.233. The van der Waals surface area contributed by atoms with Crippen LogP contribution >= 0.6 is 15.9 Å². The number of carbonyl (C=O) groups excluding carboxylic acids is 2. The average molecular weight is 576 g/mol. The Hall–Kier alpha value is -4.09. The maximum absolute atomic E-state index is 12.6. The van der Waals surface area contributed by atoms with Crippen LogP contribution in [0.25, 0.3) is 6.08 Å². The molecule has 38 heavy (non-hydrogen) atoms. The molecule has 0 unspecified atom stereocenters. The molecular formula is C30H30BrN3O4. The van der Waals surface area contributed by atoms with E-state index in [-0.39, 0.29) is 18.1 Å². The molecule has 0 spiro atoms. The molecule has 8 heteroatoms. The summed E-state index contributed by atoms with van der Waals surface area (Å²) in [5.74, 6) is -0.00456. The zero-order valence-electron chi connectivity index (χ0n) is 21.4. The van der Waals surface area contributed by atoms with E-state index in [1.165, 1.54) is 11.6 Å². The van der Waals surface area contributed by atoms with Crippen LogP contribution in [0, 0.1) is 18.3 Å². The number of halogens is 1. The summed E-state index contributed by atoms with van der Waals surface area (Å²) in [7, 11) is 0. The van der Waals surface area contributed by atoms with Crippen molar-refractivity contribution in [1.29, 1.82) is 5.26 Å². The fourth-order valence-electron chi connectivity index (χ4n) is 3.56. The molecule has 0 aliphatic carbocycles. The lowest BCUT2D eigenvalue weighted by Crippen LogP contribution is -2.25. The van der Waals surface area contributed by atoms with Gasteiger partial charge in [-0.3, -0.25) is 9.59 Å². The number of ether oxygens (including phenoxy) is 2. The zero-order valence-corrected chi connectivity index (χ0v) is 23.0. The monoisotopic (exact) mass is 575 g/mol. The number of benzene rings is 3. The molecule has 0 saturated carbocycles. The Morgan fingerprint density at radius 2 is 1.74 bits per heavy atom. The maximum Gasteiger partial charge on any atom is 0.262 e. The Kier molecular flexibility index (Phi) is 10.9. The summed E-state index contributed by atoms with van der Waals surface area (Å²) in [6, 6.07) is 22.8.